The Balaban J connectivity index is 2.78. The second-order valence-electron chi connectivity index (χ2n) is 3.04. The summed E-state index contributed by atoms with van der Waals surface area (Å²) >= 11 is 0. The third kappa shape index (κ3) is 1.35. The Morgan fingerprint density at radius 2 is 2.19 bits per heavy atom. The molecule has 0 aliphatic rings. The molecule has 2 aromatic rings. The standard InChI is InChI=1S/C8H8FN5O2/c1-3-11-7(10)6-4(9)5(8(15)16-2)13-14(6)12-3/h1-2H3,(H2,10,11,12). The van der Waals surface area contributed by atoms with Gasteiger partial charge in [0, 0.05) is 0 Å². The Morgan fingerprint density at radius 3 is 2.81 bits per heavy atom. The van der Waals surface area contributed by atoms with Crippen molar-refractivity contribution in [2.24, 2.45) is 0 Å². The maximum absolute atomic E-state index is 13.7. The van der Waals surface area contributed by atoms with Gasteiger partial charge in [0.1, 0.15) is 5.82 Å². The van der Waals surface area contributed by atoms with Gasteiger partial charge in [0.05, 0.1) is 7.11 Å². The van der Waals surface area contributed by atoms with Crippen molar-refractivity contribution < 1.29 is 13.9 Å². The van der Waals surface area contributed by atoms with Crippen molar-refractivity contribution in [3.63, 3.8) is 0 Å². The van der Waals surface area contributed by atoms with E-state index < -0.39 is 17.5 Å². The predicted molar refractivity (Wildman–Crippen MR) is 51.2 cm³/mol. The molecule has 0 bridgehead atoms. The molecule has 0 fully saturated rings. The van der Waals surface area contributed by atoms with Gasteiger partial charge in [0.25, 0.3) is 0 Å². The molecule has 0 radical (unpaired) electrons. The Bertz CT molecular complexity index is 579. The SMILES string of the molecule is COC(=O)c1nn2nc(C)nc(N)c2c1F. The number of esters is 1. The molecule has 0 spiro atoms. The first kappa shape index (κ1) is 10.3. The average Bonchev–Trinajstić information content (AvgIpc) is 2.54. The van der Waals surface area contributed by atoms with E-state index in [9.17, 15) is 9.18 Å². The van der Waals surface area contributed by atoms with Gasteiger partial charge in [-0.3, -0.25) is 0 Å². The lowest BCUT2D eigenvalue weighted by Crippen LogP contribution is -2.05. The number of methoxy groups -OCH3 is 1. The zero-order valence-electron chi connectivity index (χ0n) is 8.56. The van der Waals surface area contributed by atoms with E-state index in [1.807, 2.05) is 0 Å². The fourth-order valence-corrected chi connectivity index (χ4v) is 1.29. The van der Waals surface area contributed by atoms with E-state index in [0.29, 0.717) is 5.82 Å². The highest BCUT2D eigenvalue weighted by molar-refractivity contribution is 5.90. The number of anilines is 1. The molecule has 0 saturated carbocycles. The molecule has 16 heavy (non-hydrogen) atoms. The van der Waals surface area contributed by atoms with Crippen LogP contribution in [0.25, 0.3) is 5.52 Å². The van der Waals surface area contributed by atoms with E-state index in [1.165, 1.54) is 0 Å². The number of aromatic nitrogens is 4. The third-order valence-electron chi connectivity index (χ3n) is 1.95. The number of hydrogen-bond donors (Lipinski definition) is 1. The van der Waals surface area contributed by atoms with Crippen LogP contribution in [0.15, 0.2) is 0 Å². The molecule has 7 nitrogen and oxygen atoms in total. The minimum Gasteiger partial charge on any atom is -0.464 e. The van der Waals surface area contributed by atoms with Crippen LogP contribution < -0.4 is 5.73 Å². The number of nitrogens with two attached hydrogens (primary N) is 1. The quantitative estimate of drug-likeness (QED) is 0.683. The van der Waals surface area contributed by atoms with Crippen LogP contribution in [0, 0.1) is 12.7 Å². The number of nitrogen functional groups attached to an aromatic ring is 1. The number of ether oxygens (including phenoxy) is 1. The summed E-state index contributed by atoms with van der Waals surface area (Å²) in [6.45, 7) is 1.58. The summed E-state index contributed by atoms with van der Waals surface area (Å²) in [5, 5.41) is 7.44. The highest BCUT2D eigenvalue weighted by Gasteiger charge is 2.23. The van der Waals surface area contributed by atoms with E-state index in [2.05, 4.69) is 19.9 Å². The third-order valence-corrected chi connectivity index (χ3v) is 1.95. The summed E-state index contributed by atoms with van der Waals surface area (Å²) in [7, 11) is 1.13. The Kier molecular flexibility index (Phi) is 2.18. The van der Waals surface area contributed by atoms with Crippen molar-refractivity contribution in [3.05, 3.63) is 17.3 Å². The molecule has 2 N–H and O–H groups in total. The zero-order chi connectivity index (χ0) is 11.9. The van der Waals surface area contributed by atoms with Gasteiger partial charge in [-0.1, -0.05) is 0 Å². The molecular weight excluding hydrogens is 217 g/mol. The lowest BCUT2D eigenvalue weighted by atomic mass is 10.3. The van der Waals surface area contributed by atoms with Crippen molar-refractivity contribution in [2.75, 3.05) is 12.8 Å². The molecule has 2 heterocycles. The van der Waals surface area contributed by atoms with Gasteiger partial charge in [-0.2, -0.15) is 0 Å². The Morgan fingerprint density at radius 1 is 1.50 bits per heavy atom. The number of rotatable bonds is 1. The van der Waals surface area contributed by atoms with E-state index in [4.69, 9.17) is 5.73 Å². The topological polar surface area (TPSA) is 95.4 Å². The number of carbonyl (C=O) groups excluding carboxylic acids is 1. The fourth-order valence-electron chi connectivity index (χ4n) is 1.29. The van der Waals surface area contributed by atoms with Crippen LogP contribution in [-0.2, 0) is 4.74 Å². The van der Waals surface area contributed by atoms with Crippen molar-refractivity contribution >= 4 is 17.3 Å². The number of nitrogens with zero attached hydrogens (tertiary/aromatic N) is 4. The van der Waals surface area contributed by atoms with Gasteiger partial charge in [0.15, 0.2) is 17.2 Å². The van der Waals surface area contributed by atoms with E-state index in [0.717, 1.165) is 11.7 Å². The molecule has 0 aromatic carbocycles. The Hall–Kier alpha value is -2.25. The van der Waals surface area contributed by atoms with Crippen LogP contribution in [0.3, 0.4) is 0 Å². The lowest BCUT2D eigenvalue weighted by Gasteiger charge is -1.96. The first-order valence-electron chi connectivity index (χ1n) is 4.31. The molecule has 0 aliphatic heterocycles. The first-order chi connectivity index (χ1) is 7.54. The molecule has 8 heteroatoms. The van der Waals surface area contributed by atoms with Gasteiger partial charge in [-0.05, 0) is 6.92 Å². The normalized spacial score (nSPS) is 10.7. The van der Waals surface area contributed by atoms with Crippen LogP contribution in [0.5, 0.6) is 0 Å². The first-order valence-corrected chi connectivity index (χ1v) is 4.31. The monoisotopic (exact) mass is 225 g/mol. The molecule has 0 amide bonds. The molecular formula is C8H8FN5O2. The van der Waals surface area contributed by atoms with Gasteiger partial charge >= 0.3 is 5.97 Å². The van der Waals surface area contributed by atoms with Crippen molar-refractivity contribution in [3.8, 4) is 0 Å². The van der Waals surface area contributed by atoms with E-state index >= 15 is 0 Å². The van der Waals surface area contributed by atoms with Crippen molar-refractivity contribution in [1.29, 1.82) is 0 Å². The lowest BCUT2D eigenvalue weighted by molar-refractivity contribution is 0.0588. The molecule has 0 atom stereocenters. The zero-order valence-corrected chi connectivity index (χ0v) is 8.56. The summed E-state index contributed by atoms with van der Waals surface area (Å²) in [4.78, 5) is 14.9. The summed E-state index contributed by atoms with van der Waals surface area (Å²) in [6.07, 6.45) is 0. The smallest absolute Gasteiger partial charge is 0.361 e. The van der Waals surface area contributed by atoms with Crippen molar-refractivity contribution in [1.82, 2.24) is 19.8 Å². The fraction of sp³-hybridized carbons (Fsp3) is 0.250. The largest absolute Gasteiger partial charge is 0.464 e. The molecule has 0 unspecified atom stereocenters. The second kappa shape index (κ2) is 3.40. The number of hydrogen-bond acceptors (Lipinski definition) is 6. The van der Waals surface area contributed by atoms with Crippen LogP contribution in [-0.4, -0.2) is 32.9 Å². The molecule has 2 rings (SSSR count). The van der Waals surface area contributed by atoms with Gasteiger partial charge in [-0.25, -0.2) is 14.2 Å². The number of aryl methyl sites for hydroxylation is 1. The van der Waals surface area contributed by atoms with Gasteiger partial charge in [0.2, 0.25) is 5.69 Å². The molecule has 0 saturated heterocycles. The molecule has 2 aromatic heterocycles. The minimum atomic E-state index is -0.889. The highest BCUT2D eigenvalue weighted by Crippen LogP contribution is 2.18. The maximum Gasteiger partial charge on any atom is 0.361 e. The summed E-state index contributed by atoms with van der Waals surface area (Å²) in [6, 6.07) is 0. The number of fused-ring (bicyclic) bond motifs is 1. The van der Waals surface area contributed by atoms with Crippen LogP contribution in [0.4, 0.5) is 10.2 Å². The minimum absolute atomic E-state index is 0.0762. The molecule has 84 valence electrons. The van der Waals surface area contributed by atoms with Crippen molar-refractivity contribution in [2.45, 2.75) is 6.92 Å². The summed E-state index contributed by atoms with van der Waals surface area (Å²) in [5.41, 5.74) is 4.91. The maximum atomic E-state index is 13.7. The summed E-state index contributed by atoms with van der Waals surface area (Å²) < 4.78 is 19.0. The van der Waals surface area contributed by atoms with Crippen LogP contribution >= 0.6 is 0 Å². The average molecular weight is 225 g/mol. The van der Waals surface area contributed by atoms with Crippen LogP contribution in [0.1, 0.15) is 16.3 Å². The van der Waals surface area contributed by atoms with Gasteiger partial charge < -0.3 is 10.5 Å². The highest BCUT2D eigenvalue weighted by atomic mass is 19.1. The molecule has 0 aliphatic carbocycles. The van der Waals surface area contributed by atoms with E-state index in [1.54, 1.807) is 6.92 Å². The van der Waals surface area contributed by atoms with Crippen LogP contribution in [0.2, 0.25) is 0 Å². The summed E-state index contributed by atoms with van der Waals surface area (Å²) in [5.74, 6) is -1.53. The number of carbonyl (C=O) groups is 1. The second-order valence-corrected chi connectivity index (χ2v) is 3.04. The van der Waals surface area contributed by atoms with Gasteiger partial charge in [-0.15, -0.1) is 14.8 Å². The predicted octanol–water partition coefficient (Wildman–Crippen LogP) is -0.0594. The number of halogens is 1. The Labute approximate surface area is 89.0 Å². The van der Waals surface area contributed by atoms with E-state index in [-0.39, 0.29) is 11.3 Å².